The Morgan fingerprint density at radius 1 is 0.918 bits per heavy atom. The van der Waals surface area contributed by atoms with Gasteiger partial charge in [-0.3, -0.25) is 15.6 Å². The molecule has 7 aliphatic carbocycles. The van der Waals surface area contributed by atoms with E-state index in [0.29, 0.717) is 43.3 Å². The number of aromatic carboxylic acids is 1. The molecule has 4 saturated heterocycles. The van der Waals surface area contributed by atoms with Crippen molar-refractivity contribution in [2.75, 3.05) is 19.8 Å². The van der Waals surface area contributed by atoms with Gasteiger partial charge >= 0.3 is 5.97 Å². The summed E-state index contributed by atoms with van der Waals surface area (Å²) in [5.41, 5.74) is 10.2. The average Bonchev–Trinajstić information content (AvgIpc) is 4.22. The number of aliphatic hydroxyl groups is 4. The number of phenolic OH excluding ortho intramolecular Hbond substituents is 2. The number of phenols is 2. The summed E-state index contributed by atoms with van der Waals surface area (Å²) in [6.45, 7) is 3.97. The summed E-state index contributed by atoms with van der Waals surface area (Å²) in [7, 11) is 0. The molecule has 10 fully saturated rings. The first kappa shape index (κ1) is 47.8. The van der Waals surface area contributed by atoms with Gasteiger partial charge in [-0.2, -0.15) is 0 Å². The molecule has 0 radical (unpaired) electrons. The summed E-state index contributed by atoms with van der Waals surface area (Å²) < 4.78 is 27.5. The third kappa shape index (κ3) is 6.14. The van der Waals surface area contributed by atoms with Crippen molar-refractivity contribution in [2.45, 2.75) is 196 Å². The first-order chi connectivity index (χ1) is 35.0. The monoisotopic (exact) mass is 1010 g/mol. The number of ketones is 1. The molecule has 73 heavy (non-hydrogen) atoms. The van der Waals surface area contributed by atoms with Crippen LogP contribution in [0.3, 0.4) is 0 Å². The predicted octanol–water partition coefficient (Wildman–Crippen LogP) is 6.94. The molecular formula is C58H74N2O13. The Labute approximate surface area is 426 Å². The molecule has 4 bridgehead atoms. The van der Waals surface area contributed by atoms with Gasteiger partial charge in [0.1, 0.15) is 41.2 Å². The van der Waals surface area contributed by atoms with Crippen molar-refractivity contribution in [3.8, 4) is 17.2 Å². The van der Waals surface area contributed by atoms with Crippen molar-refractivity contribution in [2.24, 2.45) is 44.8 Å². The molecule has 2 aromatic rings. The van der Waals surface area contributed by atoms with E-state index in [1.807, 2.05) is 0 Å². The minimum atomic E-state index is -1.81. The SMILES string of the molecule is CC(=O)c1c(C)c(O)c2cc(C(=O)O)cc(OC3OC4C(O)CCC5OC4(CC4C6=C5CC=C6C5(CCCO)COCC6CC78CC4(NNC7CC4(CCCC47CCC4(CCCC4)C7)C8)C65)C(O)C3O)c2c1O. The number of rotatable bonds is 7. The van der Waals surface area contributed by atoms with E-state index in [9.17, 15) is 45.3 Å². The van der Waals surface area contributed by atoms with Crippen molar-refractivity contribution in [1.82, 2.24) is 10.9 Å². The maximum Gasteiger partial charge on any atom is 0.335 e. The lowest BCUT2D eigenvalue weighted by Crippen LogP contribution is -2.81. The first-order valence-electron chi connectivity index (χ1n) is 27.9. The molecule has 14 rings (SSSR count). The largest absolute Gasteiger partial charge is 0.507 e. The summed E-state index contributed by atoms with van der Waals surface area (Å²) in [6, 6.07) is 2.59. The Morgan fingerprint density at radius 2 is 1.73 bits per heavy atom. The Bertz CT molecular complexity index is 2790. The molecule has 6 saturated carbocycles. The molecule has 6 spiro atoms. The number of benzene rings is 2. The minimum Gasteiger partial charge on any atom is -0.507 e. The third-order valence-corrected chi connectivity index (χ3v) is 23.1. The topological polar surface area (TPSA) is 237 Å². The molecule has 16 atom stereocenters. The number of hydrogen-bond donors (Lipinski definition) is 9. The number of ether oxygens (including phenoxy) is 4. The quantitative estimate of drug-likeness (QED) is 0.101. The zero-order valence-electron chi connectivity index (χ0n) is 42.3. The van der Waals surface area contributed by atoms with Gasteiger partial charge in [0, 0.05) is 47.1 Å². The molecule has 5 heterocycles. The van der Waals surface area contributed by atoms with E-state index in [-0.39, 0.29) is 92.7 Å². The number of fused-ring (bicyclic) bond motifs is 5. The Hall–Kier alpha value is -3.64. The van der Waals surface area contributed by atoms with Crippen molar-refractivity contribution >= 4 is 22.5 Å². The summed E-state index contributed by atoms with van der Waals surface area (Å²) >= 11 is 0. The molecule has 0 amide bonds. The van der Waals surface area contributed by atoms with Gasteiger partial charge in [0.2, 0.25) is 6.29 Å². The van der Waals surface area contributed by atoms with Crippen LogP contribution in [0.5, 0.6) is 17.2 Å². The molecule has 15 nitrogen and oxygen atoms in total. The van der Waals surface area contributed by atoms with Crippen LogP contribution in [0.4, 0.5) is 0 Å². The lowest BCUT2D eigenvalue weighted by Gasteiger charge is -2.72. The molecule has 12 aliphatic rings. The Kier molecular flexibility index (Phi) is 10.5. The second kappa shape index (κ2) is 16.0. The standard InChI is InChI=1S/C58H74N2O13/c1-29-41(30(2)62)45(65)43-34(44(29)64)19-31(50(68)69)20-39(43)71-51-46(66)48(67)58-22-36-42-33(38(73-58)10-9-37(63)49(58)72-51)7-8-35(42)56(15-6-18-61)28-70-24-32-21-53-26-55(23-40(53)59-60-57(36,27-53)47(32)56)14-5-13-54(55)17-16-52(25-54)11-3-4-12-52/h8,19-20,32,36-38,40,46-49,51,59-61,63-67H,3-7,9-18,21-28H2,1-2H3,(H,68,69). The second-order valence-electron chi connectivity index (χ2n) is 26.2. The van der Waals surface area contributed by atoms with Gasteiger partial charge < -0.3 is 54.7 Å². The van der Waals surface area contributed by atoms with E-state index < -0.39 is 71.2 Å². The molecule has 5 aliphatic heterocycles. The highest BCUT2D eigenvalue weighted by atomic mass is 16.7. The number of aromatic hydroxyl groups is 2. The summed E-state index contributed by atoms with van der Waals surface area (Å²) in [4.78, 5) is 25.4. The minimum absolute atomic E-state index is 0.0248. The van der Waals surface area contributed by atoms with E-state index >= 15 is 0 Å². The number of Topliss-reactive ketones (excluding diaryl/α,β-unsaturated/α-hetero) is 1. The van der Waals surface area contributed by atoms with Gasteiger partial charge in [-0.1, -0.05) is 25.3 Å². The lowest BCUT2D eigenvalue weighted by molar-refractivity contribution is -0.337. The van der Waals surface area contributed by atoms with Gasteiger partial charge in [0.25, 0.3) is 0 Å². The number of carbonyl (C=O) groups is 2. The average molecular weight is 1010 g/mol. The number of carboxylic acids is 1. The highest BCUT2D eigenvalue weighted by molar-refractivity contribution is 6.11. The van der Waals surface area contributed by atoms with Crippen molar-refractivity contribution < 1.29 is 64.3 Å². The van der Waals surface area contributed by atoms with E-state index in [1.165, 1.54) is 108 Å². The van der Waals surface area contributed by atoms with Crippen molar-refractivity contribution in [1.29, 1.82) is 0 Å². The van der Waals surface area contributed by atoms with E-state index in [0.717, 1.165) is 30.9 Å². The van der Waals surface area contributed by atoms with Crippen LogP contribution < -0.4 is 15.6 Å². The predicted molar refractivity (Wildman–Crippen MR) is 265 cm³/mol. The zero-order chi connectivity index (χ0) is 50.4. The number of carbonyl (C=O) groups excluding carboxylic acids is 1. The summed E-state index contributed by atoms with van der Waals surface area (Å²) in [6.07, 6.45) is 15.1. The number of carboxylic acid groups (broad SMARTS) is 1. The molecule has 16 unspecified atom stereocenters. The molecule has 15 heteroatoms. The van der Waals surface area contributed by atoms with E-state index in [4.69, 9.17) is 18.9 Å². The smallest absolute Gasteiger partial charge is 0.335 e. The van der Waals surface area contributed by atoms with Crippen LogP contribution in [0.1, 0.15) is 162 Å². The lowest BCUT2D eigenvalue weighted by atomic mass is 9.38. The van der Waals surface area contributed by atoms with Gasteiger partial charge in [-0.05, 0) is 185 Å². The molecular weight excluding hydrogens is 933 g/mol. The molecule has 2 aromatic carbocycles. The van der Waals surface area contributed by atoms with Crippen molar-refractivity contribution in [3.05, 3.63) is 51.6 Å². The third-order valence-electron chi connectivity index (χ3n) is 23.1. The molecule has 394 valence electrons. The molecule has 0 aromatic heterocycles. The maximum atomic E-state index is 13.1. The normalized spacial score (nSPS) is 45.5. The molecule has 9 N–H and O–H groups in total. The fourth-order valence-corrected chi connectivity index (χ4v) is 20.8. The van der Waals surface area contributed by atoms with E-state index in [1.54, 1.807) is 0 Å². The van der Waals surface area contributed by atoms with Crippen LogP contribution in [0.25, 0.3) is 10.8 Å². The van der Waals surface area contributed by atoms with Crippen molar-refractivity contribution in [3.63, 3.8) is 0 Å². The van der Waals surface area contributed by atoms with Crippen LogP contribution in [0.15, 0.2) is 34.9 Å². The number of allylic oxidation sites excluding steroid dienone is 1. The van der Waals surface area contributed by atoms with Gasteiger partial charge in [-0.15, -0.1) is 0 Å². The Balaban J connectivity index is 0.879. The van der Waals surface area contributed by atoms with Crippen LogP contribution in [0.2, 0.25) is 0 Å². The second-order valence-corrected chi connectivity index (χ2v) is 26.2. The Morgan fingerprint density at radius 3 is 2.51 bits per heavy atom. The number of aliphatic hydroxyl groups excluding tert-OH is 4. The summed E-state index contributed by atoms with van der Waals surface area (Å²) in [5.74, 6) is -3.10. The van der Waals surface area contributed by atoms with Crippen LogP contribution >= 0.6 is 0 Å². The van der Waals surface area contributed by atoms with Gasteiger partial charge in [0.15, 0.2) is 5.78 Å². The van der Waals surface area contributed by atoms with Crippen LogP contribution in [-0.4, -0.2) is 121 Å². The summed E-state index contributed by atoms with van der Waals surface area (Å²) in [5, 5.41) is 81.6. The number of hydrazine groups is 1. The fraction of sp³-hybridized carbons (Fsp3) is 0.724. The number of nitrogens with one attached hydrogen (secondary N) is 2. The van der Waals surface area contributed by atoms with Gasteiger partial charge in [0.05, 0.1) is 35.3 Å². The highest BCUT2D eigenvalue weighted by Crippen LogP contribution is 2.80. The van der Waals surface area contributed by atoms with Crippen LogP contribution in [-0.2, 0) is 14.2 Å². The van der Waals surface area contributed by atoms with Crippen LogP contribution in [0, 0.1) is 51.8 Å². The number of hydrogen-bond acceptors (Lipinski definition) is 14. The zero-order valence-corrected chi connectivity index (χ0v) is 42.3. The maximum absolute atomic E-state index is 13.1. The van der Waals surface area contributed by atoms with E-state index in [2.05, 4.69) is 16.9 Å². The first-order valence-corrected chi connectivity index (χ1v) is 27.9. The van der Waals surface area contributed by atoms with Gasteiger partial charge in [-0.25, -0.2) is 4.79 Å². The fourth-order valence-electron chi connectivity index (χ4n) is 20.8. The highest BCUT2D eigenvalue weighted by Gasteiger charge is 2.78.